The van der Waals surface area contributed by atoms with Gasteiger partial charge in [0.05, 0.1) is 6.61 Å². The summed E-state index contributed by atoms with van der Waals surface area (Å²) in [7, 11) is 0. The van der Waals surface area contributed by atoms with E-state index in [-0.39, 0.29) is 6.09 Å². The molecule has 1 aromatic rings. The Hall–Kier alpha value is -1.14. The molecule has 1 atom stereocenters. The zero-order valence-electron chi connectivity index (χ0n) is 14.8. The fraction of sp³-hybridized carbons (Fsp3) is 0.667. The van der Waals surface area contributed by atoms with Gasteiger partial charge in [-0.2, -0.15) is 0 Å². The van der Waals surface area contributed by atoms with Crippen molar-refractivity contribution in [2.45, 2.75) is 52.2 Å². The van der Waals surface area contributed by atoms with Gasteiger partial charge in [0.25, 0.3) is 0 Å². The topological polar surface area (TPSA) is 51.7 Å². The van der Waals surface area contributed by atoms with Crippen LogP contribution in [0.5, 0.6) is 0 Å². The van der Waals surface area contributed by atoms with Gasteiger partial charge in [-0.1, -0.05) is 6.07 Å². The van der Waals surface area contributed by atoms with E-state index in [9.17, 15) is 4.79 Å². The highest BCUT2D eigenvalue weighted by Gasteiger charge is 2.27. The van der Waals surface area contributed by atoms with Crippen molar-refractivity contribution in [3.05, 3.63) is 28.5 Å². The fourth-order valence-corrected chi connectivity index (χ4v) is 2.96. The summed E-state index contributed by atoms with van der Waals surface area (Å²) in [6.45, 7) is 8.52. The van der Waals surface area contributed by atoms with Gasteiger partial charge in [0.1, 0.15) is 10.2 Å². The van der Waals surface area contributed by atoms with Crippen molar-refractivity contribution >= 4 is 22.0 Å². The molecule has 1 fully saturated rings. The SMILES string of the molecule is CC(C)(C)OC(=O)N1CCC[C@@H](CCOCc2ccc(Br)nc2)C1. The smallest absolute Gasteiger partial charge is 0.410 e. The van der Waals surface area contributed by atoms with Crippen LogP contribution in [-0.4, -0.2) is 41.3 Å². The number of carbonyl (C=O) groups is 1. The first-order valence-corrected chi connectivity index (χ1v) is 9.29. The van der Waals surface area contributed by atoms with Crippen LogP contribution in [0.2, 0.25) is 0 Å². The van der Waals surface area contributed by atoms with Crippen LogP contribution < -0.4 is 0 Å². The maximum Gasteiger partial charge on any atom is 0.410 e. The molecule has 24 heavy (non-hydrogen) atoms. The summed E-state index contributed by atoms with van der Waals surface area (Å²) >= 11 is 3.32. The molecule has 6 heteroatoms. The number of halogens is 1. The monoisotopic (exact) mass is 398 g/mol. The predicted octanol–water partition coefficient (Wildman–Crippen LogP) is 4.40. The van der Waals surface area contributed by atoms with E-state index in [0.717, 1.165) is 42.5 Å². The number of amides is 1. The van der Waals surface area contributed by atoms with E-state index < -0.39 is 5.60 Å². The summed E-state index contributed by atoms with van der Waals surface area (Å²) < 4.78 is 12.0. The molecule has 0 bridgehead atoms. The van der Waals surface area contributed by atoms with Crippen molar-refractivity contribution in [3.63, 3.8) is 0 Å². The molecule has 1 saturated heterocycles. The number of hydrogen-bond acceptors (Lipinski definition) is 4. The first kappa shape index (κ1) is 19.2. The van der Waals surface area contributed by atoms with Gasteiger partial charge in [-0.25, -0.2) is 9.78 Å². The fourth-order valence-electron chi connectivity index (χ4n) is 2.72. The molecular weight excluding hydrogens is 372 g/mol. The summed E-state index contributed by atoms with van der Waals surface area (Å²) in [5.41, 5.74) is 0.628. The Morgan fingerprint density at radius 3 is 2.88 bits per heavy atom. The summed E-state index contributed by atoms with van der Waals surface area (Å²) in [5, 5.41) is 0. The lowest BCUT2D eigenvalue weighted by Crippen LogP contribution is -2.43. The zero-order chi connectivity index (χ0) is 17.6. The molecule has 1 aromatic heterocycles. The molecule has 1 aliphatic heterocycles. The Morgan fingerprint density at radius 1 is 1.42 bits per heavy atom. The molecule has 0 aromatic carbocycles. The van der Waals surface area contributed by atoms with Crippen LogP contribution in [0.3, 0.4) is 0 Å². The van der Waals surface area contributed by atoms with Crippen LogP contribution >= 0.6 is 15.9 Å². The number of carbonyl (C=O) groups excluding carboxylic acids is 1. The second-order valence-corrected chi connectivity index (χ2v) is 8.08. The number of nitrogens with zero attached hydrogens (tertiary/aromatic N) is 2. The van der Waals surface area contributed by atoms with E-state index in [4.69, 9.17) is 9.47 Å². The van der Waals surface area contributed by atoms with Crippen LogP contribution in [0.25, 0.3) is 0 Å². The Balaban J connectivity index is 1.69. The Bertz CT molecular complexity index is 528. The number of ether oxygens (including phenoxy) is 2. The van der Waals surface area contributed by atoms with Gasteiger partial charge >= 0.3 is 6.09 Å². The summed E-state index contributed by atoms with van der Waals surface area (Å²) in [6.07, 6.45) is 4.75. The van der Waals surface area contributed by atoms with E-state index in [2.05, 4.69) is 20.9 Å². The molecule has 2 rings (SSSR count). The molecule has 0 N–H and O–H groups in total. The lowest BCUT2D eigenvalue weighted by molar-refractivity contribution is 0.0135. The third-order valence-corrected chi connectivity index (χ3v) is 4.37. The largest absolute Gasteiger partial charge is 0.444 e. The molecule has 0 aliphatic carbocycles. The van der Waals surface area contributed by atoms with E-state index >= 15 is 0 Å². The standard InChI is InChI=1S/C18H27BrN2O3/c1-18(2,3)24-17(22)21-9-4-5-14(12-21)8-10-23-13-15-6-7-16(19)20-11-15/h6-7,11,14H,4-5,8-10,12-13H2,1-3H3/t14-/m0/s1. The minimum Gasteiger partial charge on any atom is -0.444 e. The average Bonchev–Trinajstić information content (AvgIpc) is 2.52. The van der Waals surface area contributed by atoms with Crippen molar-refractivity contribution in [2.24, 2.45) is 5.92 Å². The zero-order valence-corrected chi connectivity index (χ0v) is 16.3. The molecule has 2 heterocycles. The molecule has 0 radical (unpaired) electrons. The maximum atomic E-state index is 12.2. The van der Waals surface area contributed by atoms with Gasteiger partial charge in [0, 0.05) is 25.9 Å². The Labute approximate surface area is 152 Å². The van der Waals surface area contributed by atoms with Gasteiger partial charge in [-0.05, 0) is 73.5 Å². The van der Waals surface area contributed by atoms with Crippen LogP contribution in [-0.2, 0) is 16.1 Å². The average molecular weight is 399 g/mol. The molecule has 5 nitrogen and oxygen atoms in total. The second kappa shape index (κ2) is 8.81. The number of aromatic nitrogens is 1. The lowest BCUT2D eigenvalue weighted by Gasteiger charge is -2.34. The van der Waals surface area contributed by atoms with Gasteiger partial charge in [0.2, 0.25) is 0 Å². The molecule has 0 spiro atoms. The normalized spacial score (nSPS) is 18.5. The van der Waals surface area contributed by atoms with E-state index in [1.54, 1.807) is 0 Å². The van der Waals surface area contributed by atoms with Crippen LogP contribution in [0, 0.1) is 5.92 Å². The maximum absolute atomic E-state index is 12.2. The summed E-state index contributed by atoms with van der Waals surface area (Å²) in [4.78, 5) is 18.2. The Kier molecular flexibility index (Phi) is 7.04. The van der Waals surface area contributed by atoms with Gasteiger partial charge in [0.15, 0.2) is 0 Å². The Morgan fingerprint density at radius 2 is 2.21 bits per heavy atom. The van der Waals surface area contributed by atoms with Crippen molar-refractivity contribution in [3.8, 4) is 0 Å². The molecule has 1 aliphatic rings. The minimum atomic E-state index is -0.439. The summed E-state index contributed by atoms with van der Waals surface area (Å²) in [5.74, 6) is 0.481. The molecule has 134 valence electrons. The first-order chi connectivity index (χ1) is 11.3. The van der Waals surface area contributed by atoms with E-state index in [0.29, 0.717) is 19.1 Å². The third-order valence-electron chi connectivity index (χ3n) is 3.90. The molecular formula is C18H27BrN2O3. The van der Waals surface area contributed by atoms with Crippen molar-refractivity contribution in [2.75, 3.05) is 19.7 Å². The van der Waals surface area contributed by atoms with E-state index in [1.807, 2.05) is 44.0 Å². The van der Waals surface area contributed by atoms with Crippen molar-refractivity contribution < 1.29 is 14.3 Å². The number of piperidine rings is 1. The van der Waals surface area contributed by atoms with Crippen LogP contribution in [0.1, 0.15) is 45.6 Å². The third kappa shape index (κ3) is 6.77. The van der Waals surface area contributed by atoms with Crippen LogP contribution in [0.15, 0.2) is 22.9 Å². The van der Waals surface area contributed by atoms with Crippen molar-refractivity contribution in [1.29, 1.82) is 0 Å². The number of hydrogen-bond donors (Lipinski definition) is 0. The molecule has 0 unspecified atom stereocenters. The highest BCUT2D eigenvalue weighted by Crippen LogP contribution is 2.22. The molecule has 0 saturated carbocycles. The molecule has 1 amide bonds. The van der Waals surface area contributed by atoms with Crippen LogP contribution in [0.4, 0.5) is 4.79 Å². The van der Waals surface area contributed by atoms with Gasteiger partial charge in [-0.15, -0.1) is 0 Å². The first-order valence-electron chi connectivity index (χ1n) is 8.49. The highest BCUT2D eigenvalue weighted by molar-refractivity contribution is 9.10. The number of pyridine rings is 1. The predicted molar refractivity (Wildman–Crippen MR) is 96.7 cm³/mol. The van der Waals surface area contributed by atoms with Gasteiger partial charge < -0.3 is 14.4 Å². The van der Waals surface area contributed by atoms with Crippen molar-refractivity contribution in [1.82, 2.24) is 9.88 Å². The van der Waals surface area contributed by atoms with E-state index in [1.165, 1.54) is 0 Å². The number of rotatable bonds is 5. The number of likely N-dealkylation sites (tertiary alicyclic amines) is 1. The lowest BCUT2D eigenvalue weighted by atomic mass is 9.95. The quantitative estimate of drug-likeness (QED) is 0.544. The second-order valence-electron chi connectivity index (χ2n) is 7.27. The summed E-state index contributed by atoms with van der Waals surface area (Å²) in [6, 6.07) is 3.92. The minimum absolute atomic E-state index is 0.200. The van der Waals surface area contributed by atoms with Gasteiger partial charge in [-0.3, -0.25) is 0 Å². The highest BCUT2D eigenvalue weighted by atomic mass is 79.9.